The van der Waals surface area contributed by atoms with Gasteiger partial charge in [0.2, 0.25) is 0 Å². The zero-order valence-electron chi connectivity index (χ0n) is 9.10. The molecule has 0 amide bonds. The molecule has 76 valence electrons. The zero-order valence-corrected chi connectivity index (χ0v) is 9.10. The molecule has 0 bridgehead atoms. The summed E-state index contributed by atoms with van der Waals surface area (Å²) in [6.45, 7) is 2.39. The Hall–Kier alpha value is 0. The largest absolute Gasteiger partial charge is 0.0651 e. The van der Waals surface area contributed by atoms with Crippen LogP contribution in [0.25, 0.3) is 0 Å². The maximum absolute atomic E-state index is 2.39. The van der Waals surface area contributed by atoms with Gasteiger partial charge in [-0.1, -0.05) is 58.3 Å². The van der Waals surface area contributed by atoms with Gasteiger partial charge in [-0.25, -0.2) is 0 Å². The van der Waals surface area contributed by atoms with Crippen molar-refractivity contribution in [3.63, 3.8) is 0 Å². The summed E-state index contributed by atoms with van der Waals surface area (Å²) < 4.78 is 0. The van der Waals surface area contributed by atoms with E-state index < -0.39 is 0 Å². The second-order valence-corrected chi connectivity index (χ2v) is 5.23. The highest BCUT2D eigenvalue weighted by atomic mass is 14.3. The van der Waals surface area contributed by atoms with Gasteiger partial charge in [0, 0.05) is 0 Å². The molecule has 1 unspecified atom stereocenters. The Morgan fingerprint density at radius 2 is 1.77 bits per heavy atom. The van der Waals surface area contributed by atoms with Gasteiger partial charge in [0.15, 0.2) is 0 Å². The van der Waals surface area contributed by atoms with E-state index in [1.54, 1.807) is 38.5 Å². The molecule has 2 fully saturated rings. The molecule has 0 aromatic carbocycles. The SMILES string of the molecule is CCC(CCC1CCC1)C1CCC1. The first kappa shape index (κ1) is 9.55. The Bertz CT molecular complexity index is 142. The van der Waals surface area contributed by atoms with Crippen LogP contribution in [0.4, 0.5) is 0 Å². The number of hydrogen-bond donors (Lipinski definition) is 0. The molecule has 0 nitrogen and oxygen atoms in total. The summed E-state index contributed by atoms with van der Waals surface area (Å²) in [5, 5.41) is 0. The van der Waals surface area contributed by atoms with Gasteiger partial charge in [-0.3, -0.25) is 0 Å². The van der Waals surface area contributed by atoms with Gasteiger partial charge < -0.3 is 0 Å². The first-order valence-corrected chi connectivity index (χ1v) is 6.40. The molecule has 0 heterocycles. The summed E-state index contributed by atoms with van der Waals surface area (Å²) in [5.41, 5.74) is 0. The van der Waals surface area contributed by atoms with Crippen molar-refractivity contribution < 1.29 is 0 Å². The standard InChI is InChI=1S/C13H24/c1-2-12(13-7-4-8-13)10-9-11-5-3-6-11/h11-13H,2-10H2,1H3. The van der Waals surface area contributed by atoms with E-state index in [0.717, 1.165) is 17.8 Å². The van der Waals surface area contributed by atoms with E-state index in [1.807, 2.05) is 0 Å². The Kier molecular flexibility index (Phi) is 3.29. The first-order chi connectivity index (χ1) is 6.40. The van der Waals surface area contributed by atoms with Crippen molar-refractivity contribution in [1.29, 1.82) is 0 Å². The minimum atomic E-state index is 1.09. The third-order valence-electron chi connectivity index (χ3n) is 4.51. The third kappa shape index (κ3) is 2.27. The van der Waals surface area contributed by atoms with Crippen molar-refractivity contribution in [3.8, 4) is 0 Å². The Balaban J connectivity index is 1.64. The summed E-state index contributed by atoms with van der Waals surface area (Å²) >= 11 is 0. The molecule has 2 aliphatic rings. The summed E-state index contributed by atoms with van der Waals surface area (Å²) in [5.74, 6) is 3.36. The van der Waals surface area contributed by atoms with Crippen molar-refractivity contribution in [2.24, 2.45) is 17.8 Å². The van der Waals surface area contributed by atoms with Gasteiger partial charge in [0.05, 0.1) is 0 Å². The molecule has 2 saturated carbocycles. The molecule has 0 saturated heterocycles. The van der Waals surface area contributed by atoms with E-state index in [4.69, 9.17) is 0 Å². The minimum absolute atomic E-state index is 1.09. The van der Waals surface area contributed by atoms with E-state index in [9.17, 15) is 0 Å². The molecule has 0 radical (unpaired) electrons. The van der Waals surface area contributed by atoms with Crippen LogP contribution >= 0.6 is 0 Å². The summed E-state index contributed by atoms with van der Waals surface area (Å²) in [7, 11) is 0. The lowest BCUT2D eigenvalue weighted by atomic mass is 9.71. The van der Waals surface area contributed by atoms with Crippen molar-refractivity contribution >= 4 is 0 Å². The Morgan fingerprint density at radius 1 is 1.08 bits per heavy atom. The average molecular weight is 180 g/mol. The van der Waals surface area contributed by atoms with E-state index >= 15 is 0 Å². The minimum Gasteiger partial charge on any atom is -0.0651 e. The summed E-state index contributed by atoms with van der Waals surface area (Å²) in [6, 6.07) is 0. The number of hydrogen-bond acceptors (Lipinski definition) is 0. The molecule has 1 atom stereocenters. The molecule has 2 rings (SSSR count). The first-order valence-electron chi connectivity index (χ1n) is 6.40. The van der Waals surface area contributed by atoms with Crippen LogP contribution < -0.4 is 0 Å². The Labute approximate surface area is 83.1 Å². The number of rotatable bonds is 5. The molecule has 0 heteroatoms. The topological polar surface area (TPSA) is 0 Å². The van der Waals surface area contributed by atoms with Crippen molar-refractivity contribution in [2.75, 3.05) is 0 Å². The van der Waals surface area contributed by atoms with Gasteiger partial charge in [-0.15, -0.1) is 0 Å². The maximum Gasteiger partial charge on any atom is -0.0386 e. The van der Waals surface area contributed by atoms with Crippen LogP contribution in [0.3, 0.4) is 0 Å². The lowest BCUT2D eigenvalue weighted by molar-refractivity contribution is 0.167. The van der Waals surface area contributed by atoms with Gasteiger partial charge >= 0.3 is 0 Å². The van der Waals surface area contributed by atoms with Crippen LogP contribution in [-0.4, -0.2) is 0 Å². The summed E-state index contributed by atoms with van der Waals surface area (Å²) in [6.07, 6.45) is 13.8. The van der Waals surface area contributed by atoms with Crippen molar-refractivity contribution in [1.82, 2.24) is 0 Å². The predicted molar refractivity (Wildman–Crippen MR) is 57.7 cm³/mol. The van der Waals surface area contributed by atoms with Gasteiger partial charge in [0.1, 0.15) is 0 Å². The highest BCUT2D eigenvalue weighted by Gasteiger charge is 2.27. The second-order valence-electron chi connectivity index (χ2n) is 5.23. The molecular formula is C13H24. The maximum atomic E-state index is 2.39. The molecule has 2 aliphatic carbocycles. The zero-order chi connectivity index (χ0) is 9.10. The normalized spacial score (nSPS) is 26.5. The third-order valence-corrected chi connectivity index (χ3v) is 4.51. The fourth-order valence-electron chi connectivity index (χ4n) is 2.92. The summed E-state index contributed by atoms with van der Waals surface area (Å²) in [4.78, 5) is 0. The molecule has 0 N–H and O–H groups in total. The lowest BCUT2D eigenvalue weighted by Crippen LogP contribution is -2.23. The lowest BCUT2D eigenvalue weighted by Gasteiger charge is -2.35. The van der Waals surface area contributed by atoms with Crippen LogP contribution in [-0.2, 0) is 0 Å². The molecule has 13 heavy (non-hydrogen) atoms. The monoisotopic (exact) mass is 180 g/mol. The van der Waals surface area contributed by atoms with Crippen LogP contribution in [0.2, 0.25) is 0 Å². The predicted octanol–water partition coefficient (Wildman–Crippen LogP) is 4.39. The quantitative estimate of drug-likeness (QED) is 0.588. The molecular weight excluding hydrogens is 156 g/mol. The van der Waals surface area contributed by atoms with E-state index in [-0.39, 0.29) is 0 Å². The van der Waals surface area contributed by atoms with Crippen LogP contribution in [0.5, 0.6) is 0 Å². The fourth-order valence-corrected chi connectivity index (χ4v) is 2.92. The highest BCUT2D eigenvalue weighted by Crippen LogP contribution is 2.40. The van der Waals surface area contributed by atoms with E-state index in [0.29, 0.717) is 0 Å². The van der Waals surface area contributed by atoms with Crippen molar-refractivity contribution in [3.05, 3.63) is 0 Å². The highest BCUT2D eigenvalue weighted by molar-refractivity contribution is 4.79. The van der Waals surface area contributed by atoms with E-state index in [1.165, 1.54) is 19.3 Å². The average Bonchev–Trinajstić information content (AvgIpc) is 1.96. The van der Waals surface area contributed by atoms with E-state index in [2.05, 4.69) is 6.92 Å². The second kappa shape index (κ2) is 4.48. The molecule has 0 aromatic rings. The smallest absolute Gasteiger partial charge is 0.0386 e. The Morgan fingerprint density at radius 3 is 2.15 bits per heavy atom. The van der Waals surface area contributed by atoms with Gasteiger partial charge in [-0.2, -0.15) is 0 Å². The fraction of sp³-hybridized carbons (Fsp3) is 1.00. The van der Waals surface area contributed by atoms with Crippen LogP contribution in [0.1, 0.15) is 64.7 Å². The van der Waals surface area contributed by atoms with Crippen molar-refractivity contribution in [2.45, 2.75) is 64.7 Å². The molecule has 0 aromatic heterocycles. The van der Waals surface area contributed by atoms with Crippen LogP contribution in [0, 0.1) is 17.8 Å². The van der Waals surface area contributed by atoms with Gasteiger partial charge in [-0.05, 0) is 24.2 Å². The molecule has 0 spiro atoms. The van der Waals surface area contributed by atoms with Gasteiger partial charge in [0.25, 0.3) is 0 Å². The van der Waals surface area contributed by atoms with Crippen LogP contribution in [0.15, 0.2) is 0 Å². The molecule has 0 aliphatic heterocycles.